The fraction of sp³-hybridized carbons (Fsp3) is 0.417. The average molecular weight is 241 g/mol. The molecule has 88 valence electrons. The van der Waals surface area contributed by atoms with E-state index in [4.69, 9.17) is 17.3 Å². The van der Waals surface area contributed by atoms with Gasteiger partial charge in [0.05, 0.1) is 16.8 Å². The zero-order chi connectivity index (χ0) is 12.1. The second-order valence-electron chi connectivity index (χ2n) is 3.87. The highest BCUT2D eigenvalue weighted by Gasteiger charge is 2.13. The van der Waals surface area contributed by atoms with Gasteiger partial charge in [-0.1, -0.05) is 31.0 Å². The highest BCUT2D eigenvalue weighted by molar-refractivity contribution is 6.33. The summed E-state index contributed by atoms with van der Waals surface area (Å²) in [5, 5.41) is 3.27. The SMILES string of the molecule is CCC[C@H](N)C(=O)Nc1ccc(C)cc1Cl. The lowest BCUT2D eigenvalue weighted by atomic mass is 10.1. The molecule has 0 saturated heterocycles. The van der Waals surface area contributed by atoms with Gasteiger partial charge in [-0.2, -0.15) is 0 Å². The van der Waals surface area contributed by atoms with Crippen LogP contribution < -0.4 is 11.1 Å². The van der Waals surface area contributed by atoms with Gasteiger partial charge in [-0.15, -0.1) is 0 Å². The van der Waals surface area contributed by atoms with Crippen molar-refractivity contribution in [2.45, 2.75) is 32.7 Å². The second kappa shape index (κ2) is 5.87. The predicted molar refractivity (Wildman–Crippen MR) is 67.7 cm³/mol. The molecule has 1 amide bonds. The highest BCUT2D eigenvalue weighted by Crippen LogP contribution is 2.22. The van der Waals surface area contributed by atoms with Crippen LogP contribution in [0.15, 0.2) is 18.2 Å². The van der Waals surface area contributed by atoms with Gasteiger partial charge in [0.2, 0.25) is 5.91 Å². The fourth-order valence-electron chi connectivity index (χ4n) is 1.39. The Labute approximate surface area is 101 Å². The van der Waals surface area contributed by atoms with E-state index < -0.39 is 6.04 Å². The second-order valence-corrected chi connectivity index (χ2v) is 4.27. The maximum absolute atomic E-state index is 11.6. The van der Waals surface area contributed by atoms with Gasteiger partial charge in [-0.3, -0.25) is 4.79 Å². The van der Waals surface area contributed by atoms with Crippen LogP contribution in [-0.2, 0) is 4.79 Å². The molecule has 4 heteroatoms. The van der Waals surface area contributed by atoms with Gasteiger partial charge in [0.1, 0.15) is 0 Å². The molecule has 0 aliphatic rings. The van der Waals surface area contributed by atoms with Crippen LogP contribution in [0.5, 0.6) is 0 Å². The van der Waals surface area contributed by atoms with Gasteiger partial charge >= 0.3 is 0 Å². The van der Waals surface area contributed by atoms with E-state index in [0.29, 0.717) is 17.1 Å². The van der Waals surface area contributed by atoms with Gasteiger partial charge in [0.25, 0.3) is 0 Å². The number of rotatable bonds is 4. The molecule has 1 aromatic carbocycles. The van der Waals surface area contributed by atoms with Crippen LogP contribution in [0.2, 0.25) is 5.02 Å². The molecule has 0 aromatic heterocycles. The number of hydrogen-bond donors (Lipinski definition) is 2. The number of nitrogens with one attached hydrogen (secondary N) is 1. The summed E-state index contributed by atoms with van der Waals surface area (Å²) in [7, 11) is 0. The van der Waals surface area contributed by atoms with Crippen molar-refractivity contribution in [3.8, 4) is 0 Å². The molecule has 3 nitrogen and oxygen atoms in total. The van der Waals surface area contributed by atoms with E-state index in [1.807, 2.05) is 26.0 Å². The molecular formula is C12H17ClN2O. The Hall–Kier alpha value is -1.06. The van der Waals surface area contributed by atoms with Crippen molar-refractivity contribution in [1.82, 2.24) is 0 Å². The number of aryl methyl sites for hydroxylation is 1. The first-order valence-electron chi connectivity index (χ1n) is 5.37. The lowest BCUT2D eigenvalue weighted by molar-refractivity contribution is -0.117. The maximum Gasteiger partial charge on any atom is 0.241 e. The van der Waals surface area contributed by atoms with E-state index >= 15 is 0 Å². The third kappa shape index (κ3) is 3.51. The molecule has 3 N–H and O–H groups in total. The Morgan fingerprint density at radius 1 is 1.56 bits per heavy atom. The molecule has 0 saturated carbocycles. The smallest absolute Gasteiger partial charge is 0.241 e. The molecule has 1 aromatic rings. The van der Waals surface area contributed by atoms with Crippen molar-refractivity contribution < 1.29 is 4.79 Å². The van der Waals surface area contributed by atoms with Gasteiger partial charge in [0.15, 0.2) is 0 Å². The molecule has 0 spiro atoms. The van der Waals surface area contributed by atoms with Gasteiger partial charge in [-0.05, 0) is 31.0 Å². The average Bonchev–Trinajstić information content (AvgIpc) is 2.22. The summed E-state index contributed by atoms with van der Waals surface area (Å²) < 4.78 is 0. The number of hydrogen-bond acceptors (Lipinski definition) is 2. The van der Waals surface area contributed by atoms with Crippen LogP contribution in [0.1, 0.15) is 25.3 Å². The van der Waals surface area contributed by atoms with E-state index in [2.05, 4.69) is 5.32 Å². The fourth-order valence-corrected chi connectivity index (χ4v) is 1.67. The maximum atomic E-state index is 11.6. The van der Waals surface area contributed by atoms with Crippen molar-refractivity contribution in [3.05, 3.63) is 28.8 Å². The summed E-state index contributed by atoms with van der Waals surface area (Å²) in [6.07, 6.45) is 1.56. The number of amides is 1. The van der Waals surface area contributed by atoms with Crippen molar-refractivity contribution in [1.29, 1.82) is 0 Å². The number of halogens is 1. The largest absolute Gasteiger partial charge is 0.323 e. The highest BCUT2D eigenvalue weighted by atomic mass is 35.5. The molecule has 16 heavy (non-hydrogen) atoms. The minimum absolute atomic E-state index is 0.187. The molecule has 1 atom stereocenters. The van der Waals surface area contributed by atoms with E-state index in [-0.39, 0.29) is 5.91 Å². The van der Waals surface area contributed by atoms with Gasteiger partial charge < -0.3 is 11.1 Å². The number of carbonyl (C=O) groups is 1. The summed E-state index contributed by atoms with van der Waals surface area (Å²) in [6.45, 7) is 3.94. The molecule has 0 fully saturated rings. The van der Waals surface area contributed by atoms with E-state index in [1.165, 1.54) is 0 Å². The van der Waals surface area contributed by atoms with Gasteiger partial charge in [-0.25, -0.2) is 0 Å². The van der Waals surface area contributed by atoms with Crippen LogP contribution >= 0.6 is 11.6 Å². The van der Waals surface area contributed by atoms with Crippen LogP contribution in [0.3, 0.4) is 0 Å². The molecule has 0 aliphatic heterocycles. The summed E-state index contributed by atoms with van der Waals surface area (Å²) in [4.78, 5) is 11.6. The first kappa shape index (κ1) is 13.0. The number of carbonyl (C=O) groups excluding carboxylic acids is 1. The Kier molecular flexibility index (Phi) is 4.77. The van der Waals surface area contributed by atoms with E-state index in [9.17, 15) is 4.79 Å². The predicted octanol–water partition coefficient (Wildman–Crippen LogP) is 2.71. The Balaban J connectivity index is 2.69. The zero-order valence-electron chi connectivity index (χ0n) is 9.59. The zero-order valence-corrected chi connectivity index (χ0v) is 10.3. The quantitative estimate of drug-likeness (QED) is 0.850. The van der Waals surface area contributed by atoms with Crippen molar-refractivity contribution in [2.24, 2.45) is 5.73 Å². The van der Waals surface area contributed by atoms with Crippen LogP contribution in [0.4, 0.5) is 5.69 Å². The summed E-state index contributed by atoms with van der Waals surface area (Å²) in [5.41, 5.74) is 7.37. The first-order chi connectivity index (χ1) is 7.54. The molecule has 0 unspecified atom stereocenters. The third-order valence-corrected chi connectivity index (χ3v) is 2.63. The minimum atomic E-state index is -0.470. The van der Waals surface area contributed by atoms with E-state index in [0.717, 1.165) is 12.0 Å². The lowest BCUT2D eigenvalue weighted by Crippen LogP contribution is -2.35. The molecular weight excluding hydrogens is 224 g/mol. The molecule has 0 bridgehead atoms. The molecule has 0 heterocycles. The van der Waals surface area contributed by atoms with Crippen LogP contribution in [0.25, 0.3) is 0 Å². The number of benzene rings is 1. The van der Waals surface area contributed by atoms with Crippen LogP contribution in [-0.4, -0.2) is 11.9 Å². The Morgan fingerprint density at radius 2 is 2.25 bits per heavy atom. The Morgan fingerprint density at radius 3 is 2.81 bits per heavy atom. The first-order valence-corrected chi connectivity index (χ1v) is 5.75. The summed E-state index contributed by atoms with van der Waals surface area (Å²) in [6, 6.07) is 5.02. The monoisotopic (exact) mass is 240 g/mol. The van der Waals surface area contributed by atoms with Crippen molar-refractivity contribution >= 4 is 23.2 Å². The number of anilines is 1. The minimum Gasteiger partial charge on any atom is -0.323 e. The third-order valence-electron chi connectivity index (χ3n) is 2.32. The standard InChI is InChI=1S/C12H17ClN2O/c1-3-4-10(14)12(16)15-11-6-5-8(2)7-9(11)13/h5-7,10H,3-4,14H2,1-2H3,(H,15,16)/t10-/m0/s1. The van der Waals surface area contributed by atoms with Gasteiger partial charge in [0, 0.05) is 0 Å². The Bertz CT molecular complexity index is 379. The molecule has 0 radical (unpaired) electrons. The normalized spacial score (nSPS) is 12.2. The number of nitrogens with two attached hydrogens (primary N) is 1. The van der Waals surface area contributed by atoms with Crippen molar-refractivity contribution in [2.75, 3.05) is 5.32 Å². The van der Waals surface area contributed by atoms with Crippen molar-refractivity contribution in [3.63, 3.8) is 0 Å². The lowest BCUT2D eigenvalue weighted by Gasteiger charge is -2.12. The summed E-state index contributed by atoms with van der Waals surface area (Å²) >= 11 is 6.00. The van der Waals surface area contributed by atoms with Crippen LogP contribution in [0, 0.1) is 6.92 Å². The van der Waals surface area contributed by atoms with E-state index in [1.54, 1.807) is 6.07 Å². The summed E-state index contributed by atoms with van der Waals surface area (Å²) in [5.74, 6) is -0.187. The molecule has 0 aliphatic carbocycles. The topological polar surface area (TPSA) is 55.1 Å². The molecule has 1 rings (SSSR count).